The van der Waals surface area contributed by atoms with Crippen LogP contribution in [0.3, 0.4) is 0 Å². The van der Waals surface area contributed by atoms with Crippen molar-refractivity contribution in [1.82, 2.24) is 24.1 Å². The van der Waals surface area contributed by atoms with Crippen LogP contribution in [0.15, 0.2) is 39.6 Å². The molecule has 0 bridgehead atoms. The van der Waals surface area contributed by atoms with Gasteiger partial charge in [-0.25, -0.2) is 4.98 Å². The van der Waals surface area contributed by atoms with E-state index in [9.17, 15) is 4.79 Å². The molecule has 1 aromatic carbocycles. The highest BCUT2D eigenvalue weighted by molar-refractivity contribution is 7.98. The molecule has 0 aliphatic rings. The van der Waals surface area contributed by atoms with Crippen LogP contribution in [-0.4, -0.2) is 37.9 Å². The van der Waals surface area contributed by atoms with Crippen LogP contribution in [0.5, 0.6) is 0 Å². The van der Waals surface area contributed by atoms with E-state index in [1.165, 1.54) is 0 Å². The van der Waals surface area contributed by atoms with Crippen molar-refractivity contribution in [3.05, 3.63) is 50.7 Å². The summed E-state index contributed by atoms with van der Waals surface area (Å²) in [5.41, 5.74) is 1.80. The Bertz CT molecular complexity index is 1150. The average Bonchev–Trinajstić information content (AvgIpc) is 3.29. The van der Waals surface area contributed by atoms with E-state index < -0.39 is 0 Å². The van der Waals surface area contributed by atoms with E-state index in [0.29, 0.717) is 30.1 Å². The van der Waals surface area contributed by atoms with Gasteiger partial charge in [-0.15, -0.1) is 21.5 Å². The number of para-hydroxylation sites is 1. The lowest BCUT2D eigenvalue weighted by Crippen LogP contribution is -2.24. The van der Waals surface area contributed by atoms with E-state index in [4.69, 9.17) is 4.74 Å². The molecule has 0 amide bonds. The first-order valence-corrected chi connectivity index (χ1v) is 10.4. The Balaban J connectivity index is 1.80. The molecule has 0 saturated heterocycles. The molecule has 0 spiro atoms. The second-order valence-corrected chi connectivity index (χ2v) is 8.09. The van der Waals surface area contributed by atoms with Gasteiger partial charge in [0.25, 0.3) is 5.56 Å². The fourth-order valence-electron chi connectivity index (χ4n) is 3.01. The predicted octanol–water partition coefficient (Wildman–Crippen LogP) is 3.14. The van der Waals surface area contributed by atoms with Crippen LogP contribution in [-0.2, 0) is 17.0 Å². The van der Waals surface area contributed by atoms with E-state index in [-0.39, 0.29) is 5.56 Å². The quantitative estimate of drug-likeness (QED) is 0.350. The Hall–Kier alpha value is -2.23. The SMILES string of the molecule is COCCCn1c(=O)c2ccccc2n2c(SCc3csc(C)n3)nnc12. The van der Waals surface area contributed by atoms with Gasteiger partial charge in [0.15, 0.2) is 5.16 Å². The molecule has 0 aliphatic carbocycles. The molecule has 0 atom stereocenters. The number of thioether (sulfide) groups is 1. The van der Waals surface area contributed by atoms with Gasteiger partial charge in [-0.05, 0) is 25.5 Å². The summed E-state index contributed by atoms with van der Waals surface area (Å²) >= 11 is 3.21. The summed E-state index contributed by atoms with van der Waals surface area (Å²) in [6.45, 7) is 3.12. The Morgan fingerprint density at radius 2 is 2.11 bits per heavy atom. The topological polar surface area (TPSA) is 74.3 Å². The van der Waals surface area contributed by atoms with Crippen LogP contribution in [0.2, 0.25) is 0 Å². The average molecular weight is 402 g/mol. The van der Waals surface area contributed by atoms with Crippen molar-refractivity contribution >= 4 is 39.8 Å². The van der Waals surface area contributed by atoms with Gasteiger partial charge in [-0.3, -0.25) is 13.8 Å². The van der Waals surface area contributed by atoms with Gasteiger partial charge in [0.2, 0.25) is 5.78 Å². The van der Waals surface area contributed by atoms with Gasteiger partial charge >= 0.3 is 0 Å². The number of nitrogens with zero attached hydrogens (tertiary/aromatic N) is 5. The summed E-state index contributed by atoms with van der Waals surface area (Å²) in [7, 11) is 1.66. The molecule has 7 nitrogen and oxygen atoms in total. The number of benzene rings is 1. The Morgan fingerprint density at radius 3 is 2.89 bits per heavy atom. The normalized spacial score (nSPS) is 11.6. The molecule has 140 valence electrons. The molecule has 9 heteroatoms. The van der Waals surface area contributed by atoms with Crippen LogP contribution < -0.4 is 5.56 Å². The number of aromatic nitrogens is 5. The summed E-state index contributed by atoms with van der Waals surface area (Å²) in [5, 5.41) is 13.2. The first-order chi connectivity index (χ1) is 13.2. The molecule has 27 heavy (non-hydrogen) atoms. The molecule has 0 aliphatic heterocycles. The number of hydrogen-bond donors (Lipinski definition) is 0. The molecule has 3 heterocycles. The van der Waals surface area contributed by atoms with Gasteiger partial charge in [-0.2, -0.15) is 0 Å². The zero-order valence-corrected chi connectivity index (χ0v) is 16.7. The maximum atomic E-state index is 13.0. The van der Waals surface area contributed by atoms with Crippen molar-refractivity contribution < 1.29 is 4.74 Å². The highest BCUT2D eigenvalue weighted by atomic mass is 32.2. The monoisotopic (exact) mass is 401 g/mol. The summed E-state index contributed by atoms with van der Waals surface area (Å²) in [5.74, 6) is 1.27. The minimum atomic E-state index is -0.0479. The zero-order chi connectivity index (χ0) is 18.8. The summed E-state index contributed by atoms with van der Waals surface area (Å²) in [6.07, 6.45) is 0.734. The van der Waals surface area contributed by atoms with E-state index >= 15 is 0 Å². The first kappa shape index (κ1) is 18.1. The van der Waals surface area contributed by atoms with Crippen molar-refractivity contribution in [2.45, 2.75) is 30.8 Å². The second kappa shape index (κ2) is 7.79. The third-order valence-electron chi connectivity index (χ3n) is 4.22. The summed E-state index contributed by atoms with van der Waals surface area (Å²) in [4.78, 5) is 17.5. The molecule has 3 aromatic heterocycles. The first-order valence-electron chi connectivity index (χ1n) is 8.58. The summed E-state index contributed by atoms with van der Waals surface area (Å²) < 4.78 is 8.78. The largest absolute Gasteiger partial charge is 0.385 e. The molecule has 0 unspecified atom stereocenters. The molecule has 0 fully saturated rings. The molecular formula is C18H19N5O2S2. The Kier molecular flexibility index (Phi) is 5.24. The molecule has 4 rings (SSSR count). The smallest absolute Gasteiger partial charge is 0.262 e. The van der Waals surface area contributed by atoms with E-state index in [1.807, 2.05) is 35.6 Å². The van der Waals surface area contributed by atoms with Crippen LogP contribution in [0.4, 0.5) is 0 Å². The minimum absolute atomic E-state index is 0.0479. The third kappa shape index (κ3) is 3.50. The molecular weight excluding hydrogens is 382 g/mol. The summed E-state index contributed by atoms with van der Waals surface area (Å²) in [6, 6.07) is 7.59. The maximum absolute atomic E-state index is 13.0. The van der Waals surface area contributed by atoms with Crippen LogP contribution in [0, 0.1) is 6.92 Å². The van der Waals surface area contributed by atoms with Gasteiger partial charge in [0, 0.05) is 31.4 Å². The molecule has 0 saturated carbocycles. The third-order valence-corrected chi connectivity index (χ3v) is 6.01. The highest BCUT2D eigenvalue weighted by Crippen LogP contribution is 2.25. The highest BCUT2D eigenvalue weighted by Gasteiger charge is 2.16. The zero-order valence-electron chi connectivity index (χ0n) is 15.1. The Labute approximate surface area is 164 Å². The standard InChI is InChI=1S/C18H19N5O2S2/c1-12-19-13(10-26-12)11-27-18-21-20-17-22(8-5-9-25-2)16(24)14-6-3-4-7-15(14)23(17)18/h3-4,6-7,10H,5,8-9,11H2,1-2H3. The lowest BCUT2D eigenvalue weighted by molar-refractivity contribution is 0.190. The number of hydrogen-bond acceptors (Lipinski definition) is 7. The van der Waals surface area contributed by atoms with Crippen molar-refractivity contribution in [3.8, 4) is 0 Å². The maximum Gasteiger partial charge on any atom is 0.262 e. The van der Waals surface area contributed by atoms with Crippen molar-refractivity contribution in [2.75, 3.05) is 13.7 Å². The van der Waals surface area contributed by atoms with Gasteiger partial charge in [-0.1, -0.05) is 23.9 Å². The van der Waals surface area contributed by atoms with Gasteiger partial charge < -0.3 is 4.74 Å². The molecule has 0 radical (unpaired) electrons. The number of fused-ring (bicyclic) bond motifs is 3. The lowest BCUT2D eigenvalue weighted by atomic mass is 10.2. The van der Waals surface area contributed by atoms with E-state index in [0.717, 1.165) is 27.8 Å². The number of thiazole rings is 1. The van der Waals surface area contributed by atoms with Gasteiger partial charge in [0.1, 0.15) is 0 Å². The lowest BCUT2D eigenvalue weighted by Gasteiger charge is -2.11. The number of methoxy groups -OCH3 is 1. The van der Waals surface area contributed by atoms with E-state index in [2.05, 4.69) is 20.6 Å². The molecule has 4 aromatic rings. The predicted molar refractivity (Wildman–Crippen MR) is 108 cm³/mol. The van der Waals surface area contributed by atoms with Crippen molar-refractivity contribution in [3.63, 3.8) is 0 Å². The van der Waals surface area contributed by atoms with Gasteiger partial charge in [0.05, 0.1) is 21.6 Å². The molecule has 0 N–H and O–H groups in total. The number of rotatable bonds is 7. The van der Waals surface area contributed by atoms with Crippen molar-refractivity contribution in [1.29, 1.82) is 0 Å². The fraction of sp³-hybridized carbons (Fsp3) is 0.333. The number of ether oxygens (including phenoxy) is 1. The Morgan fingerprint density at radius 1 is 1.26 bits per heavy atom. The fourth-order valence-corrected chi connectivity index (χ4v) is 4.56. The van der Waals surface area contributed by atoms with Crippen LogP contribution >= 0.6 is 23.1 Å². The van der Waals surface area contributed by atoms with Crippen LogP contribution in [0.25, 0.3) is 16.7 Å². The van der Waals surface area contributed by atoms with Crippen LogP contribution in [0.1, 0.15) is 17.1 Å². The minimum Gasteiger partial charge on any atom is -0.385 e. The number of aryl methyl sites for hydroxylation is 2. The second-order valence-electron chi connectivity index (χ2n) is 6.08. The van der Waals surface area contributed by atoms with E-state index in [1.54, 1.807) is 34.8 Å². The van der Waals surface area contributed by atoms with Crippen molar-refractivity contribution in [2.24, 2.45) is 0 Å².